The minimum Gasteiger partial charge on any atom is -0.354 e. The summed E-state index contributed by atoms with van der Waals surface area (Å²) in [7, 11) is -3.50. The van der Waals surface area contributed by atoms with Crippen molar-refractivity contribution in [2.45, 2.75) is 82.3 Å². The second kappa shape index (κ2) is 15.7. The molecule has 1 aromatic carbocycles. The molecular formula is C42H47N13O6S. The third-order valence-corrected chi connectivity index (χ3v) is 14.6. The molecule has 8 heterocycles. The van der Waals surface area contributed by atoms with E-state index in [1.807, 2.05) is 23.0 Å². The zero-order valence-electron chi connectivity index (χ0n) is 34.5. The van der Waals surface area contributed by atoms with Crippen molar-refractivity contribution in [2.24, 2.45) is 0 Å². The molecule has 1 aliphatic carbocycles. The van der Waals surface area contributed by atoms with Gasteiger partial charge in [0.15, 0.2) is 11.6 Å². The van der Waals surface area contributed by atoms with Crippen molar-refractivity contribution in [2.75, 3.05) is 49.5 Å². The minimum absolute atomic E-state index is 0.0876. The lowest BCUT2D eigenvalue weighted by Crippen LogP contribution is -2.54. The van der Waals surface area contributed by atoms with Gasteiger partial charge in [-0.1, -0.05) is 6.07 Å². The van der Waals surface area contributed by atoms with Gasteiger partial charge < -0.3 is 10.2 Å². The Morgan fingerprint density at radius 1 is 0.855 bits per heavy atom. The number of piperidine rings is 2. The first-order chi connectivity index (χ1) is 29.9. The Morgan fingerprint density at radius 2 is 1.63 bits per heavy atom. The molecular weight excluding hydrogens is 815 g/mol. The average Bonchev–Trinajstić information content (AvgIpc) is 3.81. The molecule has 4 fully saturated rings. The van der Waals surface area contributed by atoms with E-state index >= 15 is 0 Å². The number of hydrogen-bond donors (Lipinski definition) is 2. The van der Waals surface area contributed by atoms with Crippen LogP contribution >= 0.6 is 0 Å². The minimum atomic E-state index is -3.50. The van der Waals surface area contributed by atoms with E-state index in [9.17, 15) is 27.6 Å². The number of aromatic nitrogens is 7. The van der Waals surface area contributed by atoms with Gasteiger partial charge in [-0.05, 0) is 69.7 Å². The summed E-state index contributed by atoms with van der Waals surface area (Å²) in [5.74, 6) is 0.398. The summed E-state index contributed by atoms with van der Waals surface area (Å²) >= 11 is 0. The first-order valence-corrected chi connectivity index (χ1v) is 22.7. The van der Waals surface area contributed by atoms with Crippen LogP contribution in [0.3, 0.4) is 0 Å². The first kappa shape index (κ1) is 40.0. The van der Waals surface area contributed by atoms with Crippen LogP contribution in [0.1, 0.15) is 84.7 Å². The number of imide groups is 2. The summed E-state index contributed by atoms with van der Waals surface area (Å²) < 4.78 is 28.4. The second-order valence-corrected chi connectivity index (χ2v) is 19.1. The monoisotopic (exact) mass is 861 g/mol. The molecule has 10 rings (SSSR count). The second-order valence-electron chi connectivity index (χ2n) is 17.0. The van der Waals surface area contributed by atoms with Crippen molar-refractivity contribution in [3.63, 3.8) is 0 Å². The Morgan fingerprint density at radius 3 is 2.37 bits per heavy atom. The van der Waals surface area contributed by atoms with Crippen LogP contribution in [-0.2, 0) is 26.2 Å². The van der Waals surface area contributed by atoms with Gasteiger partial charge in [0, 0.05) is 82.8 Å². The topological polar surface area (TPSA) is 214 Å². The molecule has 4 aromatic heterocycles. The number of pyridine rings is 1. The Kier molecular flexibility index (Phi) is 10.1. The molecule has 2 N–H and O–H groups in total. The van der Waals surface area contributed by atoms with Crippen LogP contribution in [0.25, 0.3) is 22.3 Å². The number of piperazine rings is 1. The molecule has 5 aromatic rings. The number of carbonyl (C=O) groups excluding carboxylic acids is 4. The summed E-state index contributed by atoms with van der Waals surface area (Å²) in [6.07, 6.45) is 9.94. The summed E-state index contributed by atoms with van der Waals surface area (Å²) in [4.78, 5) is 72.7. The Labute approximate surface area is 357 Å². The van der Waals surface area contributed by atoms with E-state index in [0.717, 1.165) is 83.4 Å². The molecule has 5 aliphatic rings. The van der Waals surface area contributed by atoms with Crippen LogP contribution in [-0.4, -0.2) is 137 Å². The first-order valence-electron chi connectivity index (χ1n) is 21.2. The highest BCUT2D eigenvalue weighted by Gasteiger charge is 2.45. The summed E-state index contributed by atoms with van der Waals surface area (Å²) in [6, 6.07) is 8.65. The van der Waals surface area contributed by atoms with Crippen molar-refractivity contribution in [3.8, 4) is 11.4 Å². The Bertz CT molecular complexity index is 2730. The van der Waals surface area contributed by atoms with Gasteiger partial charge in [-0.3, -0.25) is 43.9 Å². The highest BCUT2D eigenvalue weighted by molar-refractivity contribution is 7.90. The van der Waals surface area contributed by atoms with Crippen molar-refractivity contribution in [1.82, 2.24) is 53.9 Å². The summed E-state index contributed by atoms with van der Waals surface area (Å²) in [5.41, 5.74) is 3.00. The molecule has 3 saturated heterocycles. The molecule has 1 unspecified atom stereocenters. The molecule has 62 heavy (non-hydrogen) atoms. The van der Waals surface area contributed by atoms with Crippen molar-refractivity contribution in [1.29, 1.82) is 0 Å². The van der Waals surface area contributed by atoms with E-state index in [2.05, 4.69) is 54.2 Å². The zero-order chi connectivity index (χ0) is 42.9. The normalized spacial score (nSPS) is 20.7. The lowest BCUT2D eigenvalue weighted by molar-refractivity contribution is -0.136. The zero-order valence-corrected chi connectivity index (χ0v) is 35.3. The van der Waals surface area contributed by atoms with Gasteiger partial charge in [-0.25, -0.2) is 23.4 Å². The molecule has 20 heteroatoms. The van der Waals surface area contributed by atoms with Gasteiger partial charge in [0.1, 0.15) is 17.7 Å². The third kappa shape index (κ3) is 7.38. The van der Waals surface area contributed by atoms with Crippen LogP contribution in [0.2, 0.25) is 0 Å². The molecule has 0 spiro atoms. The van der Waals surface area contributed by atoms with Gasteiger partial charge in [0.2, 0.25) is 11.8 Å². The number of nitrogens with zero attached hydrogens (tertiary/aromatic N) is 11. The standard InChI is InChI=1S/C42H47N13O6S/c1-25(2)55-34-20-36(46-35-9-12-43-38(47-35)27-21-45-53(24-27)62(60,61)29-4-5-29)44-22-32(34)39(49-55)52-13-10-28(11-14-52)51-17-15-50(16-18-51)23-26-3-6-30-31(19-26)42(59)54(41(30)58)33-7-8-37(56)48-40(33)57/h3,6,9,12,19-22,24-25,28-29,33H,4-5,7-8,10-11,13-18,23H2,1-2H3,(H,48,56,57)(H,43,44,46,47). The largest absolute Gasteiger partial charge is 0.354 e. The molecule has 322 valence electrons. The molecule has 4 aliphatic heterocycles. The fraction of sp³-hybridized carbons (Fsp3) is 0.452. The highest BCUT2D eigenvalue weighted by atomic mass is 32.2. The Hall–Kier alpha value is -6.12. The number of benzene rings is 1. The van der Waals surface area contributed by atoms with E-state index in [0.29, 0.717) is 59.6 Å². The molecule has 1 atom stereocenters. The third-order valence-electron chi connectivity index (χ3n) is 12.6. The lowest BCUT2D eigenvalue weighted by Gasteiger charge is -2.43. The maximum Gasteiger partial charge on any atom is 0.262 e. The predicted octanol–water partition coefficient (Wildman–Crippen LogP) is 2.94. The molecule has 0 radical (unpaired) electrons. The molecule has 4 amide bonds. The average molecular weight is 862 g/mol. The van der Waals surface area contributed by atoms with Gasteiger partial charge in [-0.15, -0.1) is 0 Å². The van der Waals surface area contributed by atoms with Crippen LogP contribution in [0.4, 0.5) is 17.5 Å². The number of fused-ring (bicyclic) bond motifs is 2. The van der Waals surface area contributed by atoms with E-state index in [1.165, 1.54) is 12.4 Å². The quantitative estimate of drug-likeness (QED) is 0.183. The van der Waals surface area contributed by atoms with E-state index in [4.69, 9.17) is 10.1 Å². The maximum atomic E-state index is 13.3. The molecule has 1 saturated carbocycles. The van der Waals surface area contributed by atoms with E-state index in [-0.39, 0.29) is 24.1 Å². The van der Waals surface area contributed by atoms with Crippen molar-refractivity contribution in [3.05, 3.63) is 71.8 Å². The van der Waals surface area contributed by atoms with E-state index in [1.54, 1.807) is 24.4 Å². The fourth-order valence-corrected chi connectivity index (χ4v) is 10.6. The number of hydrogen-bond acceptors (Lipinski definition) is 15. The summed E-state index contributed by atoms with van der Waals surface area (Å²) in [5, 5.41) is 15.3. The van der Waals surface area contributed by atoms with Crippen LogP contribution in [0.15, 0.2) is 55.1 Å². The van der Waals surface area contributed by atoms with Crippen LogP contribution < -0.4 is 15.5 Å². The van der Waals surface area contributed by atoms with Crippen molar-refractivity contribution < 1.29 is 27.6 Å². The van der Waals surface area contributed by atoms with Gasteiger partial charge in [-0.2, -0.15) is 14.3 Å². The number of carbonyl (C=O) groups is 4. The van der Waals surface area contributed by atoms with Gasteiger partial charge in [0.05, 0.1) is 45.2 Å². The van der Waals surface area contributed by atoms with E-state index < -0.39 is 39.7 Å². The van der Waals surface area contributed by atoms with Crippen LogP contribution in [0, 0.1) is 0 Å². The lowest BCUT2D eigenvalue weighted by atomic mass is 10.0. The van der Waals surface area contributed by atoms with Gasteiger partial charge in [0.25, 0.3) is 21.8 Å². The number of nitrogens with one attached hydrogen (secondary N) is 2. The maximum absolute atomic E-state index is 13.3. The summed E-state index contributed by atoms with van der Waals surface area (Å²) in [6.45, 7) is 10.2. The highest BCUT2D eigenvalue weighted by Crippen LogP contribution is 2.34. The van der Waals surface area contributed by atoms with Gasteiger partial charge >= 0.3 is 0 Å². The number of rotatable bonds is 11. The SMILES string of the molecule is CC(C)n1nc(N2CCC(N3CCN(Cc4ccc5c(c4)C(=O)N(C4CCC(=O)NC4=O)C5=O)CC3)CC2)c2cnc(Nc3ccnc(-c4cnn(S(=O)(=O)C5CC5)c4)n3)cc21. The number of anilines is 3. The predicted molar refractivity (Wildman–Crippen MR) is 227 cm³/mol. The van der Waals surface area contributed by atoms with Crippen LogP contribution in [0.5, 0.6) is 0 Å². The van der Waals surface area contributed by atoms with Crippen molar-refractivity contribution >= 4 is 62.0 Å². The molecule has 19 nitrogen and oxygen atoms in total. The Balaban J connectivity index is 0.750. The smallest absolute Gasteiger partial charge is 0.262 e. The molecule has 0 bridgehead atoms. The fourth-order valence-electron chi connectivity index (χ4n) is 9.09. The number of amides is 4.